The van der Waals surface area contributed by atoms with Gasteiger partial charge in [0.05, 0.1) is 24.7 Å². The molecule has 30 heavy (non-hydrogen) atoms. The second-order valence-corrected chi connectivity index (χ2v) is 9.02. The molecular formula is C22H30N4O3S. The molecule has 3 N–H and O–H groups in total. The minimum absolute atomic E-state index is 0.111. The minimum Gasteiger partial charge on any atom is -0.376 e. The standard InChI is InChI=1S/C22H30N4O3S/c1-2-24-22(25-14-18-8-10-21(11-9-18)30(23,27)28)26-13-12-20(15-26)17-29-16-19-6-4-3-5-7-19/h3-11,20H,2,12-17H2,1H3,(H,24,25)(H2,23,27,28). The van der Waals surface area contributed by atoms with E-state index in [1.165, 1.54) is 17.7 Å². The highest BCUT2D eigenvalue weighted by molar-refractivity contribution is 7.89. The second kappa shape index (κ2) is 10.6. The molecule has 0 saturated carbocycles. The van der Waals surface area contributed by atoms with Crippen molar-refractivity contribution in [2.45, 2.75) is 31.4 Å². The van der Waals surface area contributed by atoms with Crippen LogP contribution in [0.15, 0.2) is 64.5 Å². The molecule has 0 radical (unpaired) electrons. The van der Waals surface area contributed by atoms with E-state index in [2.05, 4.69) is 22.3 Å². The summed E-state index contributed by atoms with van der Waals surface area (Å²) in [6, 6.07) is 16.7. The molecule has 1 aliphatic rings. The third kappa shape index (κ3) is 6.55. The summed E-state index contributed by atoms with van der Waals surface area (Å²) in [5, 5.41) is 8.50. The molecule has 1 aliphatic heterocycles. The van der Waals surface area contributed by atoms with Crippen molar-refractivity contribution in [3.63, 3.8) is 0 Å². The highest BCUT2D eigenvalue weighted by Crippen LogP contribution is 2.18. The lowest BCUT2D eigenvalue weighted by atomic mass is 10.1. The fourth-order valence-corrected chi connectivity index (χ4v) is 3.97. The van der Waals surface area contributed by atoms with Crippen LogP contribution in [0.25, 0.3) is 0 Å². The number of nitrogens with zero attached hydrogens (tertiary/aromatic N) is 2. The third-order valence-corrected chi connectivity index (χ3v) is 5.98. The number of nitrogens with two attached hydrogens (primary N) is 1. The van der Waals surface area contributed by atoms with Gasteiger partial charge in [-0.1, -0.05) is 42.5 Å². The van der Waals surface area contributed by atoms with Crippen LogP contribution in [0.5, 0.6) is 0 Å². The van der Waals surface area contributed by atoms with E-state index in [0.717, 1.165) is 44.2 Å². The number of likely N-dealkylation sites (tertiary alicyclic amines) is 1. The quantitative estimate of drug-likeness (QED) is 0.495. The molecule has 0 spiro atoms. The van der Waals surface area contributed by atoms with Crippen molar-refractivity contribution in [3.05, 3.63) is 65.7 Å². The van der Waals surface area contributed by atoms with Gasteiger partial charge in [0, 0.05) is 25.6 Å². The van der Waals surface area contributed by atoms with E-state index < -0.39 is 10.0 Å². The first-order valence-electron chi connectivity index (χ1n) is 10.2. The van der Waals surface area contributed by atoms with Crippen molar-refractivity contribution < 1.29 is 13.2 Å². The van der Waals surface area contributed by atoms with Gasteiger partial charge >= 0.3 is 0 Å². The van der Waals surface area contributed by atoms with Gasteiger partial charge in [0.15, 0.2) is 5.96 Å². The molecule has 2 aromatic carbocycles. The summed E-state index contributed by atoms with van der Waals surface area (Å²) in [4.78, 5) is 7.10. The lowest BCUT2D eigenvalue weighted by Crippen LogP contribution is -2.40. The number of nitrogens with one attached hydrogen (secondary N) is 1. The van der Waals surface area contributed by atoms with Crippen LogP contribution in [-0.2, 0) is 27.9 Å². The summed E-state index contributed by atoms with van der Waals surface area (Å²) in [6.45, 7) is 6.53. The predicted octanol–water partition coefficient (Wildman–Crippen LogP) is 2.34. The van der Waals surface area contributed by atoms with Crippen LogP contribution in [0, 0.1) is 5.92 Å². The first-order chi connectivity index (χ1) is 14.5. The zero-order valence-corrected chi connectivity index (χ0v) is 18.1. The number of aliphatic imine (C=N–C) groups is 1. The van der Waals surface area contributed by atoms with Gasteiger partial charge in [-0.25, -0.2) is 18.5 Å². The summed E-state index contributed by atoms with van der Waals surface area (Å²) in [6.07, 6.45) is 1.07. The Morgan fingerprint density at radius 3 is 2.57 bits per heavy atom. The van der Waals surface area contributed by atoms with Crippen molar-refractivity contribution >= 4 is 16.0 Å². The van der Waals surface area contributed by atoms with Gasteiger partial charge in [-0.15, -0.1) is 0 Å². The molecule has 0 amide bonds. The molecule has 1 fully saturated rings. The first kappa shape index (κ1) is 22.3. The van der Waals surface area contributed by atoms with E-state index in [-0.39, 0.29) is 4.90 Å². The molecule has 0 bridgehead atoms. The Kier molecular flexibility index (Phi) is 7.84. The monoisotopic (exact) mass is 430 g/mol. The first-order valence-corrected chi connectivity index (χ1v) is 11.8. The van der Waals surface area contributed by atoms with E-state index in [0.29, 0.717) is 19.1 Å². The van der Waals surface area contributed by atoms with Crippen molar-refractivity contribution in [1.29, 1.82) is 0 Å². The molecule has 2 aromatic rings. The molecule has 0 aromatic heterocycles. The molecule has 1 heterocycles. The van der Waals surface area contributed by atoms with Gasteiger partial charge in [-0.3, -0.25) is 0 Å². The Morgan fingerprint density at radius 2 is 1.90 bits per heavy atom. The van der Waals surface area contributed by atoms with E-state index in [4.69, 9.17) is 14.9 Å². The molecule has 0 aliphatic carbocycles. The van der Waals surface area contributed by atoms with Crippen molar-refractivity contribution in [2.24, 2.45) is 16.0 Å². The van der Waals surface area contributed by atoms with Gasteiger partial charge in [0.25, 0.3) is 0 Å². The Bertz CT molecular complexity index is 931. The maximum Gasteiger partial charge on any atom is 0.238 e. The normalized spacial score (nSPS) is 17.3. The predicted molar refractivity (Wildman–Crippen MR) is 118 cm³/mol. The Morgan fingerprint density at radius 1 is 1.17 bits per heavy atom. The molecule has 162 valence electrons. The highest BCUT2D eigenvalue weighted by atomic mass is 32.2. The van der Waals surface area contributed by atoms with Crippen LogP contribution in [0.3, 0.4) is 0 Å². The topological polar surface area (TPSA) is 97.0 Å². The maximum absolute atomic E-state index is 11.4. The van der Waals surface area contributed by atoms with Crippen LogP contribution < -0.4 is 10.5 Å². The molecule has 7 nitrogen and oxygen atoms in total. The molecule has 3 rings (SSSR count). The highest BCUT2D eigenvalue weighted by Gasteiger charge is 2.25. The molecule has 8 heteroatoms. The summed E-state index contributed by atoms with van der Waals surface area (Å²) < 4.78 is 28.7. The van der Waals surface area contributed by atoms with Gasteiger partial charge in [0.2, 0.25) is 10.0 Å². The number of hydrogen-bond acceptors (Lipinski definition) is 4. The van der Waals surface area contributed by atoms with Crippen molar-refractivity contribution in [3.8, 4) is 0 Å². The average Bonchev–Trinajstić information content (AvgIpc) is 3.20. The van der Waals surface area contributed by atoms with Crippen molar-refractivity contribution in [2.75, 3.05) is 26.2 Å². The smallest absolute Gasteiger partial charge is 0.238 e. The third-order valence-electron chi connectivity index (χ3n) is 5.05. The number of guanidine groups is 1. The Balaban J connectivity index is 1.52. The SMILES string of the molecule is CCNC(=NCc1ccc(S(N)(=O)=O)cc1)N1CCC(COCc2ccccc2)C1. The summed E-state index contributed by atoms with van der Waals surface area (Å²) in [5.74, 6) is 1.35. The van der Waals surface area contributed by atoms with E-state index in [9.17, 15) is 8.42 Å². The van der Waals surface area contributed by atoms with Gasteiger partial charge in [-0.05, 0) is 36.6 Å². The largest absolute Gasteiger partial charge is 0.376 e. The number of benzene rings is 2. The van der Waals surface area contributed by atoms with E-state index in [1.807, 2.05) is 25.1 Å². The fourth-order valence-electron chi connectivity index (χ4n) is 3.46. The number of ether oxygens (including phenoxy) is 1. The van der Waals surface area contributed by atoms with Crippen LogP contribution in [0.1, 0.15) is 24.5 Å². The summed E-state index contributed by atoms with van der Waals surface area (Å²) >= 11 is 0. The number of primary sulfonamides is 1. The minimum atomic E-state index is -3.67. The number of sulfonamides is 1. The van der Waals surface area contributed by atoms with Crippen LogP contribution in [-0.4, -0.2) is 45.5 Å². The lowest BCUT2D eigenvalue weighted by Gasteiger charge is -2.21. The zero-order valence-electron chi connectivity index (χ0n) is 17.3. The van der Waals surface area contributed by atoms with Crippen LogP contribution >= 0.6 is 0 Å². The van der Waals surface area contributed by atoms with Crippen LogP contribution in [0.4, 0.5) is 0 Å². The average molecular weight is 431 g/mol. The zero-order chi connectivity index (χ0) is 21.4. The van der Waals surface area contributed by atoms with E-state index in [1.54, 1.807) is 12.1 Å². The molecule has 1 saturated heterocycles. The fraction of sp³-hybridized carbons (Fsp3) is 0.409. The molecular weight excluding hydrogens is 400 g/mol. The summed E-state index contributed by atoms with van der Waals surface area (Å²) in [5.41, 5.74) is 2.12. The summed E-state index contributed by atoms with van der Waals surface area (Å²) in [7, 11) is -3.67. The van der Waals surface area contributed by atoms with E-state index >= 15 is 0 Å². The van der Waals surface area contributed by atoms with Gasteiger partial charge in [-0.2, -0.15) is 0 Å². The number of rotatable bonds is 8. The van der Waals surface area contributed by atoms with Crippen molar-refractivity contribution in [1.82, 2.24) is 10.2 Å². The number of hydrogen-bond donors (Lipinski definition) is 2. The molecule has 1 unspecified atom stereocenters. The van der Waals surface area contributed by atoms with Crippen LogP contribution in [0.2, 0.25) is 0 Å². The maximum atomic E-state index is 11.4. The van der Waals surface area contributed by atoms with Gasteiger partial charge in [0.1, 0.15) is 0 Å². The lowest BCUT2D eigenvalue weighted by molar-refractivity contribution is 0.0906. The Labute approximate surface area is 179 Å². The second-order valence-electron chi connectivity index (χ2n) is 7.46. The van der Waals surface area contributed by atoms with Gasteiger partial charge < -0.3 is 15.0 Å². The Hall–Kier alpha value is -2.42. The molecule has 1 atom stereocenters.